The number of Topliss-reactive ketones (excluding diaryl/α,β-unsaturated/α-hetero) is 1. The monoisotopic (exact) mass is 318 g/mol. The number of hydrogen-bond acceptors (Lipinski definition) is 4. The summed E-state index contributed by atoms with van der Waals surface area (Å²) in [6.45, 7) is 2.06. The lowest BCUT2D eigenvalue weighted by Gasteiger charge is -2.50. The quantitative estimate of drug-likeness (QED) is 0.799. The van der Waals surface area contributed by atoms with Crippen LogP contribution in [0.15, 0.2) is 36.7 Å². The average Bonchev–Trinajstić information content (AvgIpc) is 3.01. The molecule has 4 nitrogen and oxygen atoms in total. The van der Waals surface area contributed by atoms with Gasteiger partial charge in [0, 0.05) is 47.0 Å². The van der Waals surface area contributed by atoms with Crippen molar-refractivity contribution in [1.82, 2.24) is 9.97 Å². The number of rotatable bonds is 2. The predicted molar refractivity (Wildman–Crippen MR) is 88.5 cm³/mol. The van der Waals surface area contributed by atoms with Crippen LogP contribution < -0.4 is 0 Å². The van der Waals surface area contributed by atoms with Crippen molar-refractivity contribution in [3.8, 4) is 11.3 Å². The molecule has 2 saturated carbocycles. The minimum Gasteiger partial charge on any atom is -0.303 e. The molecule has 0 N–H and O–H groups in total. The van der Waals surface area contributed by atoms with Gasteiger partial charge in [0.2, 0.25) is 0 Å². The summed E-state index contributed by atoms with van der Waals surface area (Å²) in [5.41, 5.74) is 2.94. The second-order valence-electron chi connectivity index (χ2n) is 7.85. The van der Waals surface area contributed by atoms with Crippen molar-refractivity contribution < 1.29 is 9.59 Å². The third-order valence-electron chi connectivity index (χ3n) is 6.71. The van der Waals surface area contributed by atoms with E-state index in [1.165, 1.54) is 0 Å². The van der Waals surface area contributed by atoms with Crippen LogP contribution >= 0.6 is 0 Å². The molecular formula is C20H18N2O2. The molecular weight excluding hydrogens is 300 g/mol. The number of aromatic nitrogens is 2. The Kier molecular flexibility index (Phi) is 2.44. The summed E-state index contributed by atoms with van der Waals surface area (Å²) in [4.78, 5) is 33.8. The SMILES string of the molecule is C[C@@]12CC3(CC=O)c4cccnc4-c4cccnc4C3(CC1=O)C2. The molecule has 2 heterocycles. The van der Waals surface area contributed by atoms with Crippen LogP contribution in [0.5, 0.6) is 0 Å². The molecule has 1 spiro atoms. The van der Waals surface area contributed by atoms with Crippen LogP contribution in [0, 0.1) is 5.41 Å². The van der Waals surface area contributed by atoms with Crippen molar-refractivity contribution in [3.63, 3.8) is 0 Å². The zero-order valence-electron chi connectivity index (χ0n) is 13.6. The molecule has 4 heteroatoms. The topological polar surface area (TPSA) is 59.9 Å². The first-order valence-electron chi connectivity index (χ1n) is 8.45. The number of fused-ring (bicyclic) bond motifs is 5. The van der Waals surface area contributed by atoms with Gasteiger partial charge in [0.15, 0.2) is 0 Å². The molecule has 120 valence electrons. The van der Waals surface area contributed by atoms with Crippen LogP contribution in [0.25, 0.3) is 11.3 Å². The highest BCUT2D eigenvalue weighted by Crippen LogP contribution is 2.73. The van der Waals surface area contributed by atoms with Gasteiger partial charge in [0.05, 0.1) is 11.4 Å². The third-order valence-corrected chi connectivity index (χ3v) is 6.71. The second kappa shape index (κ2) is 4.18. The van der Waals surface area contributed by atoms with Crippen molar-refractivity contribution in [1.29, 1.82) is 0 Å². The molecule has 5 rings (SSSR count). The third kappa shape index (κ3) is 1.33. The lowest BCUT2D eigenvalue weighted by atomic mass is 9.52. The summed E-state index contributed by atoms with van der Waals surface area (Å²) in [6.07, 6.45) is 7.01. The van der Waals surface area contributed by atoms with Crippen molar-refractivity contribution in [2.24, 2.45) is 5.41 Å². The zero-order chi connectivity index (χ0) is 16.6. The van der Waals surface area contributed by atoms with Gasteiger partial charge in [-0.1, -0.05) is 13.0 Å². The van der Waals surface area contributed by atoms with Crippen LogP contribution in [-0.4, -0.2) is 22.0 Å². The Labute approximate surface area is 140 Å². The fourth-order valence-corrected chi connectivity index (χ4v) is 5.90. The van der Waals surface area contributed by atoms with Crippen LogP contribution in [0.3, 0.4) is 0 Å². The van der Waals surface area contributed by atoms with E-state index >= 15 is 0 Å². The highest BCUT2D eigenvalue weighted by molar-refractivity contribution is 5.94. The van der Waals surface area contributed by atoms with Gasteiger partial charge >= 0.3 is 0 Å². The summed E-state index contributed by atoms with van der Waals surface area (Å²) in [5, 5.41) is 0. The maximum absolute atomic E-state index is 12.7. The Morgan fingerprint density at radius 2 is 1.96 bits per heavy atom. The Bertz CT molecular complexity index is 863. The van der Waals surface area contributed by atoms with Gasteiger partial charge in [-0.05, 0) is 36.6 Å². The number of carbonyl (C=O) groups is 2. The van der Waals surface area contributed by atoms with E-state index in [9.17, 15) is 9.59 Å². The van der Waals surface area contributed by atoms with Crippen molar-refractivity contribution in [2.45, 2.75) is 43.4 Å². The van der Waals surface area contributed by atoms with Gasteiger partial charge in [-0.25, -0.2) is 0 Å². The van der Waals surface area contributed by atoms with Gasteiger partial charge in [0.1, 0.15) is 12.1 Å². The van der Waals surface area contributed by atoms with Gasteiger partial charge in [-0.2, -0.15) is 0 Å². The number of ketones is 1. The number of carbonyl (C=O) groups excluding carboxylic acids is 2. The fourth-order valence-electron chi connectivity index (χ4n) is 5.90. The molecule has 2 fully saturated rings. The van der Waals surface area contributed by atoms with E-state index < -0.39 is 0 Å². The predicted octanol–water partition coefficient (Wildman–Crippen LogP) is 2.99. The lowest BCUT2D eigenvalue weighted by Crippen LogP contribution is -2.51. The molecule has 2 aromatic heterocycles. The minimum absolute atomic E-state index is 0.313. The molecule has 24 heavy (non-hydrogen) atoms. The van der Waals surface area contributed by atoms with E-state index in [-0.39, 0.29) is 16.2 Å². The molecule has 3 atom stereocenters. The first-order chi connectivity index (χ1) is 11.6. The minimum atomic E-state index is -0.369. The molecule has 0 amide bonds. The molecule has 2 bridgehead atoms. The molecule has 0 aromatic carbocycles. The molecule has 0 radical (unpaired) electrons. The summed E-state index contributed by atoms with van der Waals surface area (Å²) >= 11 is 0. The van der Waals surface area contributed by atoms with Crippen LogP contribution in [0.1, 0.15) is 43.9 Å². The fraction of sp³-hybridized carbons (Fsp3) is 0.400. The standard InChI is InChI=1S/C20H18N2O2/c1-18-11-19(6-9-23)14-5-3-7-21-16(14)13-4-2-8-22-17(13)20(19,12-18)10-15(18)24/h2-5,7-9H,6,10-12H2,1H3/t18-,19?,20?/m0/s1. The molecule has 0 aliphatic heterocycles. The van der Waals surface area contributed by atoms with Crippen LogP contribution in [0.4, 0.5) is 0 Å². The molecule has 3 aliphatic carbocycles. The summed E-state index contributed by atoms with van der Waals surface area (Å²) in [5.74, 6) is 0.313. The van der Waals surface area contributed by atoms with E-state index in [0.717, 1.165) is 35.2 Å². The lowest BCUT2D eigenvalue weighted by molar-refractivity contribution is -0.128. The van der Waals surface area contributed by atoms with E-state index in [1.807, 2.05) is 18.2 Å². The Morgan fingerprint density at radius 1 is 1.17 bits per heavy atom. The zero-order valence-corrected chi connectivity index (χ0v) is 13.6. The smallest absolute Gasteiger partial charge is 0.139 e. The van der Waals surface area contributed by atoms with Crippen LogP contribution in [0.2, 0.25) is 0 Å². The van der Waals surface area contributed by atoms with Gasteiger partial charge in [-0.15, -0.1) is 0 Å². The van der Waals surface area contributed by atoms with E-state index in [1.54, 1.807) is 12.4 Å². The van der Waals surface area contributed by atoms with Gasteiger partial charge in [-0.3, -0.25) is 14.8 Å². The van der Waals surface area contributed by atoms with E-state index in [2.05, 4.69) is 18.0 Å². The normalized spacial score (nSPS) is 35.3. The Balaban J connectivity index is 1.92. The van der Waals surface area contributed by atoms with E-state index in [0.29, 0.717) is 25.0 Å². The van der Waals surface area contributed by atoms with Gasteiger partial charge in [0.25, 0.3) is 0 Å². The highest BCUT2D eigenvalue weighted by Gasteiger charge is 2.73. The van der Waals surface area contributed by atoms with Crippen LogP contribution in [-0.2, 0) is 20.4 Å². The first-order valence-corrected chi connectivity index (χ1v) is 8.45. The molecule has 0 saturated heterocycles. The highest BCUT2D eigenvalue weighted by atomic mass is 16.1. The van der Waals surface area contributed by atoms with Crippen molar-refractivity contribution >= 4 is 12.1 Å². The maximum atomic E-state index is 12.7. The van der Waals surface area contributed by atoms with E-state index in [4.69, 9.17) is 4.98 Å². The number of pyridine rings is 2. The molecule has 2 unspecified atom stereocenters. The number of aldehydes is 1. The largest absolute Gasteiger partial charge is 0.303 e. The summed E-state index contributed by atoms with van der Waals surface area (Å²) in [7, 11) is 0. The Morgan fingerprint density at radius 3 is 2.75 bits per heavy atom. The van der Waals surface area contributed by atoms with Crippen molar-refractivity contribution in [2.75, 3.05) is 0 Å². The first kappa shape index (κ1) is 14.0. The maximum Gasteiger partial charge on any atom is 0.139 e. The number of hydrogen-bond donors (Lipinski definition) is 0. The summed E-state index contributed by atoms with van der Waals surface area (Å²) in [6, 6.07) is 8.01. The molecule has 3 aliphatic rings. The Hall–Kier alpha value is -2.36. The summed E-state index contributed by atoms with van der Waals surface area (Å²) < 4.78 is 0. The average molecular weight is 318 g/mol. The molecule has 2 aromatic rings. The van der Waals surface area contributed by atoms with Gasteiger partial charge < -0.3 is 4.79 Å². The van der Waals surface area contributed by atoms with Crippen molar-refractivity contribution in [3.05, 3.63) is 47.9 Å². The second-order valence-corrected chi connectivity index (χ2v) is 7.85. The number of nitrogens with zero attached hydrogens (tertiary/aromatic N) is 2.